The van der Waals surface area contributed by atoms with E-state index in [1.807, 2.05) is 55.5 Å². The van der Waals surface area contributed by atoms with Gasteiger partial charge in [-0.2, -0.15) is 0 Å². The number of carbonyl (C=O) groups is 1. The number of anilines is 2. The molecule has 4 aromatic rings. The van der Waals surface area contributed by atoms with E-state index in [1.165, 1.54) is 11.3 Å². The fraction of sp³-hybridized carbons (Fsp3) is 0.231. The maximum Gasteiger partial charge on any atom is 0.348 e. The van der Waals surface area contributed by atoms with Gasteiger partial charge < -0.3 is 15.2 Å². The van der Waals surface area contributed by atoms with Gasteiger partial charge in [-0.1, -0.05) is 49.7 Å². The minimum absolute atomic E-state index is 0.235. The molecule has 2 N–H and O–H groups in total. The molecule has 2 aromatic carbocycles. The summed E-state index contributed by atoms with van der Waals surface area (Å²) >= 11 is 9.15. The molecule has 34 heavy (non-hydrogen) atoms. The van der Waals surface area contributed by atoms with Crippen LogP contribution in [-0.2, 0) is 6.42 Å². The fourth-order valence-corrected chi connectivity index (χ4v) is 5.89. The van der Waals surface area contributed by atoms with Gasteiger partial charge in [0.25, 0.3) is 0 Å². The van der Waals surface area contributed by atoms with Crippen LogP contribution in [0.2, 0.25) is 5.02 Å². The smallest absolute Gasteiger partial charge is 0.348 e. The molecule has 0 radical (unpaired) electrons. The molecule has 5 nitrogen and oxygen atoms in total. The van der Waals surface area contributed by atoms with Crippen LogP contribution in [0.5, 0.6) is 5.75 Å². The predicted molar refractivity (Wildman–Crippen MR) is 142 cm³/mol. The van der Waals surface area contributed by atoms with E-state index in [1.54, 1.807) is 18.4 Å². The number of aryl methyl sites for hydroxylation is 1. The van der Waals surface area contributed by atoms with Crippen LogP contribution in [0.15, 0.2) is 48.5 Å². The molecule has 2 heterocycles. The Hall–Kier alpha value is -2.87. The number of aromatic carboxylic acids is 1. The van der Waals surface area contributed by atoms with Crippen molar-refractivity contribution in [1.29, 1.82) is 0 Å². The van der Waals surface area contributed by atoms with Crippen LogP contribution in [0.1, 0.15) is 34.0 Å². The van der Waals surface area contributed by atoms with Gasteiger partial charge in [-0.25, -0.2) is 9.78 Å². The molecule has 0 saturated heterocycles. The third-order valence-electron chi connectivity index (χ3n) is 5.26. The van der Waals surface area contributed by atoms with Crippen molar-refractivity contribution in [3.05, 3.63) is 68.9 Å². The first-order chi connectivity index (χ1) is 16.2. The molecular weight excluding hydrogens is 488 g/mol. The Bertz CT molecular complexity index is 1340. The number of nitrogens with one attached hydrogen (secondary N) is 1. The van der Waals surface area contributed by atoms with E-state index in [9.17, 15) is 9.90 Å². The van der Waals surface area contributed by atoms with Crippen molar-refractivity contribution >= 4 is 51.1 Å². The van der Waals surface area contributed by atoms with Gasteiger partial charge in [-0.15, -0.1) is 22.7 Å². The summed E-state index contributed by atoms with van der Waals surface area (Å²) in [6.45, 7) is 6.31. The van der Waals surface area contributed by atoms with Crippen molar-refractivity contribution in [3.63, 3.8) is 0 Å². The van der Waals surface area contributed by atoms with E-state index in [0.29, 0.717) is 21.8 Å². The zero-order valence-corrected chi connectivity index (χ0v) is 21.7. The molecule has 0 aliphatic rings. The number of hydrogen-bond donors (Lipinski definition) is 2. The largest absolute Gasteiger partial charge is 0.497 e. The summed E-state index contributed by atoms with van der Waals surface area (Å²) < 4.78 is 5.32. The van der Waals surface area contributed by atoms with Gasteiger partial charge in [0.2, 0.25) is 0 Å². The highest BCUT2D eigenvalue weighted by Gasteiger charge is 2.20. The molecule has 4 rings (SSSR count). The summed E-state index contributed by atoms with van der Waals surface area (Å²) in [5, 5.41) is 14.5. The molecule has 0 aliphatic heterocycles. The number of methoxy groups -OCH3 is 1. The van der Waals surface area contributed by atoms with Crippen molar-refractivity contribution in [3.8, 4) is 27.4 Å². The van der Waals surface area contributed by atoms with Crippen LogP contribution in [0, 0.1) is 12.8 Å². The second kappa shape index (κ2) is 10.2. The maximum atomic E-state index is 12.0. The van der Waals surface area contributed by atoms with Crippen molar-refractivity contribution in [2.75, 3.05) is 12.4 Å². The average molecular weight is 513 g/mol. The molecule has 176 valence electrons. The van der Waals surface area contributed by atoms with Gasteiger partial charge >= 0.3 is 5.97 Å². The molecular formula is C26H25ClN2O3S2. The number of benzene rings is 2. The van der Waals surface area contributed by atoms with Crippen molar-refractivity contribution in [2.24, 2.45) is 5.92 Å². The monoisotopic (exact) mass is 512 g/mol. The van der Waals surface area contributed by atoms with Crippen LogP contribution in [-0.4, -0.2) is 23.2 Å². The summed E-state index contributed by atoms with van der Waals surface area (Å²) in [7, 11) is 1.61. The van der Waals surface area contributed by atoms with E-state index in [0.717, 1.165) is 44.3 Å². The van der Waals surface area contributed by atoms with E-state index >= 15 is 0 Å². The third-order valence-corrected chi connectivity index (χ3v) is 7.83. The number of hydrogen-bond acceptors (Lipinski definition) is 6. The van der Waals surface area contributed by atoms with Gasteiger partial charge in [-0.3, -0.25) is 0 Å². The average Bonchev–Trinajstić information content (AvgIpc) is 3.40. The van der Waals surface area contributed by atoms with Crippen LogP contribution < -0.4 is 10.1 Å². The highest BCUT2D eigenvalue weighted by Crippen LogP contribution is 2.40. The number of carboxylic acids is 1. The lowest BCUT2D eigenvalue weighted by atomic mass is 10.0. The number of thiophene rings is 1. The summed E-state index contributed by atoms with van der Waals surface area (Å²) in [5.41, 5.74) is 4.27. The Balaban J connectivity index is 1.73. The van der Waals surface area contributed by atoms with Gasteiger partial charge in [0.05, 0.1) is 18.5 Å². The zero-order chi connectivity index (χ0) is 24.4. The quantitative estimate of drug-likeness (QED) is 0.249. The molecule has 0 spiro atoms. The molecule has 2 aromatic heterocycles. The highest BCUT2D eigenvalue weighted by atomic mass is 35.5. The third kappa shape index (κ3) is 5.27. The normalized spacial score (nSPS) is 11.1. The summed E-state index contributed by atoms with van der Waals surface area (Å²) in [5.74, 6) is 0.187. The Labute approximate surface area is 212 Å². The molecule has 0 fully saturated rings. The first-order valence-corrected chi connectivity index (χ1v) is 12.8. The van der Waals surface area contributed by atoms with Crippen LogP contribution in [0.3, 0.4) is 0 Å². The number of carboxylic acid groups (broad SMARTS) is 1. The lowest BCUT2D eigenvalue weighted by molar-refractivity contribution is 0.0703. The highest BCUT2D eigenvalue weighted by molar-refractivity contribution is 7.18. The molecule has 0 bridgehead atoms. The second-order valence-corrected chi connectivity index (χ2v) is 10.9. The number of rotatable bonds is 8. The van der Waals surface area contributed by atoms with Crippen molar-refractivity contribution in [1.82, 2.24) is 4.98 Å². The molecule has 0 unspecified atom stereocenters. The van der Waals surface area contributed by atoms with Gasteiger partial charge in [-0.05, 0) is 54.7 Å². The summed E-state index contributed by atoms with van der Waals surface area (Å²) in [6, 6.07) is 15.4. The maximum absolute atomic E-state index is 12.0. The Morgan fingerprint density at radius 1 is 1.15 bits per heavy atom. The standard InChI is InChI=1S/C26H25ClN2O3S2/c1-14(2)10-22-23(17-9-8-15(3)19(27)12-17)29-26(34-22)28-20-13-21(33-24(20)25(30)31)16-6-5-7-18(11-16)32-4/h5-9,11-14H,10H2,1-4H3,(H,28,29)(H,30,31). The van der Waals surface area contributed by atoms with Crippen LogP contribution >= 0.6 is 34.3 Å². The Morgan fingerprint density at radius 2 is 1.94 bits per heavy atom. The number of aromatic nitrogens is 1. The molecule has 0 amide bonds. The van der Waals surface area contributed by atoms with E-state index < -0.39 is 5.97 Å². The summed E-state index contributed by atoms with van der Waals surface area (Å²) in [6.07, 6.45) is 0.866. The molecule has 0 saturated carbocycles. The first-order valence-electron chi connectivity index (χ1n) is 10.8. The SMILES string of the molecule is COc1cccc(-c2cc(Nc3nc(-c4ccc(C)c(Cl)c4)c(CC(C)C)s3)c(C(=O)O)s2)c1. The molecule has 0 aliphatic carbocycles. The zero-order valence-electron chi connectivity index (χ0n) is 19.3. The lowest BCUT2D eigenvalue weighted by Crippen LogP contribution is -1.98. The van der Waals surface area contributed by atoms with E-state index in [-0.39, 0.29) is 4.88 Å². The minimum atomic E-state index is -0.980. The first kappa shape index (κ1) is 24.3. The van der Waals surface area contributed by atoms with Crippen LogP contribution in [0.4, 0.5) is 10.8 Å². The van der Waals surface area contributed by atoms with Gasteiger partial charge in [0.1, 0.15) is 10.6 Å². The van der Waals surface area contributed by atoms with Crippen LogP contribution in [0.25, 0.3) is 21.7 Å². The number of halogens is 1. The lowest BCUT2D eigenvalue weighted by Gasteiger charge is -2.06. The Morgan fingerprint density at radius 3 is 2.62 bits per heavy atom. The van der Waals surface area contributed by atoms with Crippen molar-refractivity contribution < 1.29 is 14.6 Å². The predicted octanol–water partition coefficient (Wildman–Crippen LogP) is 8.15. The summed E-state index contributed by atoms with van der Waals surface area (Å²) in [4.78, 5) is 19.1. The number of nitrogens with zero attached hydrogens (tertiary/aromatic N) is 1. The van der Waals surface area contributed by atoms with E-state index in [2.05, 4.69) is 19.2 Å². The molecule has 8 heteroatoms. The van der Waals surface area contributed by atoms with E-state index in [4.69, 9.17) is 21.3 Å². The molecule has 0 atom stereocenters. The number of thiazole rings is 1. The van der Waals surface area contributed by atoms with Gasteiger partial charge in [0.15, 0.2) is 5.13 Å². The number of ether oxygens (including phenoxy) is 1. The van der Waals surface area contributed by atoms with Crippen molar-refractivity contribution in [2.45, 2.75) is 27.2 Å². The Kier molecular flexibility index (Phi) is 7.26. The fourth-order valence-electron chi connectivity index (χ4n) is 3.56. The minimum Gasteiger partial charge on any atom is -0.497 e. The van der Waals surface area contributed by atoms with Gasteiger partial charge in [0, 0.05) is 20.3 Å². The second-order valence-electron chi connectivity index (χ2n) is 8.37. The topological polar surface area (TPSA) is 71.5 Å².